The van der Waals surface area contributed by atoms with Gasteiger partial charge in [-0.15, -0.1) is 5.10 Å². The summed E-state index contributed by atoms with van der Waals surface area (Å²) in [6.07, 6.45) is -3.25. The molecule has 1 aliphatic heterocycles. The molecule has 0 unspecified atom stereocenters. The number of carbonyl (C=O) groups is 3. The van der Waals surface area contributed by atoms with Gasteiger partial charge in [0.05, 0.1) is 33.4 Å². The number of allylic oxidation sites excluding steroid dienone is 2. The molecule has 1 fully saturated rings. The monoisotopic (exact) mass is 730 g/mol. The standard InChI is InChI=1S/C22H29F2N9O4.C8H7ClF3N/c1-6-15(33(22(23,24)12-35)21-27-20(29(3)4)28-30(21)5)16(11-34)31-7-9-32(10-8-31)19(37)17-18(36)14(2)25-13-26-17;1-13-7-3-2-5(4-6(7)9)8(10,11)12/h11-13,36H,6-10H2,1-5H3;2-4,13H,1H3/b16-15+;. The van der Waals surface area contributed by atoms with Gasteiger partial charge in [-0.3, -0.25) is 14.4 Å². The summed E-state index contributed by atoms with van der Waals surface area (Å²) in [7, 11) is 6.27. The number of hydrogen-bond acceptors (Lipinski definition) is 12. The molecule has 2 aromatic heterocycles. The van der Waals surface area contributed by atoms with Gasteiger partial charge < -0.3 is 25.1 Å². The van der Waals surface area contributed by atoms with Crippen LogP contribution in [0.4, 0.5) is 39.5 Å². The average Bonchev–Trinajstić information content (AvgIpc) is 3.46. The largest absolute Gasteiger partial charge is 0.504 e. The van der Waals surface area contributed by atoms with Crippen LogP contribution in [0.25, 0.3) is 0 Å². The minimum atomic E-state index is -4.34. The molecule has 272 valence electrons. The molecule has 4 rings (SSSR count). The zero-order valence-corrected chi connectivity index (χ0v) is 28.7. The third-order valence-corrected chi connectivity index (χ3v) is 7.77. The van der Waals surface area contributed by atoms with Crippen molar-refractivity contribution < 1.29 is 41.4 Å². The number of aldehydes is 2. The lowest BCUT2D eigenvalue weighted by atomic mass is 10.1. The molecule has 2 N–H and O–H groups in total. The van der Waals surface area contributed by atoms with Gasteiger partial charge in [0.15, 0.2) is 17.7 Å². The van der Waals surface area contributed by atoms with Crippen LogP contribution in [0.5, 0.6) is 5.75 Å². The Morgan fingerprint density at radius 1 is 1.08 bits per heavy atom. The van der Waals surface area contributed by atoms with Gasteiger partial charge in [0.25, 0.3) is 5.91 Å². The third-order valence-electron chi connectivity index (χ3n) is 7.46. The highest BCUT2D eigenvalue weighted by Crippen LogP contribution is 2.35. The number of aromatic hydroxyl groups is 1. The number of amides is 1. The van der Waals surface area contributed by atoms with E-state index < -0.39 is 30.0 Å². The first-order valence-corrected chi connectivity index (χ1v) is 15.3. The summed E-state index contributed by atoms with van der Waals surface area (Å²) >= 11 is 5.57. The first-order chi connectivity index (χ1) is 23.4. The van der Waals surface area contributed by atoms with Gasteiger partial charge in [-0.1, -0.05) is 18.5 Å². The Hall–Kier alpha value is -5.07. The number of rotatable bonds is 10. The molecule has 1 aromatic carbocycles. The number of alkyl halides is 5. The van der Waals surface area contributed by atoms with E-state index in [0.717, 1.165) is 16.8 Å². The molecular weight excluding hydrogens is 695 g/mol. The van der Waals surface area contributed by atoms with Gasteiger partial charge in [0.1, 0.15) is 6.33 Å². The van der Waals surface area contributed by atoms with E-state index >= 15 is 8.78 Å². The van der Waals surface area contributed by atoms with Crippen LogP contribution in [0.2, 0.25) is 5.02 Å². The normalized spacial score (nSPS) is 13.9. The number of hydrogen-bond donors (Lipinski definition) is 2. The molecule has 1 aliphatic rings. The second-order valence-corrected chi connectivity index (χ2v) is 11.4. The number of aromatic nitrogens is 5. The van der Waals surface area contributed by atoms with E-state index in [1.54, 1.807) is 39.9 Å². The van der Waals surface area contributed by atoms with Crippen LogP contribution in [-0.2, 0) is 22.8 Å². The molecule has 0 radical (unpaired) electrons. The molecule has 0 spiro atoms. The van der Waals surface area contributed by atoms with Crippen molar-refractivity contribution in [1.82, 2.24) is 34.5 Å². The van der Waals surface area contributed by atoms with Crippen LogP contribution >= 0.6 is 11.6 Å². The maximum atomic E-state index is 15.0. The number of anilines is 3. The number of halogens is 6. The molecule has 0 bridgehead atoms. The molecule has 3 heterocycles. The lowest BCUT2D eigenvalue weighted by molar-refractivity contribution is -0.137. The lowest BCUT2D eigenvalue weighted by Gasteiger charge is -2.38. The average molecular weight is 731 g/mol. The zero-order valence-electron chi connectivity index (χ0n) is 28.0. The smallest absolute Gasteiger partial charge is 0.416 e. The van der Waals surface area contributed by atoms with E-state index in [9.17, 15) is 32.7 Å². The first-order valence-electron chi connectivity index (χ1n) is 14.9. The summed E-state index contributed by atoms with van der Waals surface area (Å²) in [5.74, 6) is -1.01. The van der Waals surface area contributed by atoms with Crippen molar-refractivity contribution in [3.63, 3.8) is 0 Å². The highest BCUT2D eigenvalue weighted by atomic mass is 35.5. The molecular formula is C30H36ClF5N10O4. The third kappa shape index (κ3) is 8.74. The number of aryl methyl sites for hydroxylation is 2. The van der Waals surface area contributed by atoms with Crippen LogP contribution in [0.1, 0.15) is 35.1 Å². The fourth-order valence-electron chi connectivity index (χ4n) is 4.83. The van der Waals surface area contributed by atoms with E-state index in [2.05, 4.69) is 25.4 Å². The van der Waals surface area contributed by atoms with Gasteiger partial charge in [0.2, 0.25) is 18.2 Å². The van der Waals surface area contributed by atoms with Crippen molar-refractivity contribution in [2.45, 2.75) is 32.5 Å². The van der Waals surface area contributed by atoms with Crippen LogP contribution in [-0.4, -0.2) is 111 Å². The maximum Gasteiger partial charge on any atom is 0.416 e. The highest BCUT2D eigenvalue weighted by Gasteiger charge is 2.44. The van der Waals surface area contributed by atoms with E-state index in [1.165, 1.54) is 29.2 Å². The summed E-state index contributed by atoms with van der Waals surface area (Å²) in [4.78, 5) is 53.4. The highest BCUT2D eigenvalue weighted by molar-refractivity contribution is 6.33. The van der Waals surface area contributed by atoms with Crippen molar-refractivity contribution in [3.05, 3.63) is 57.9 Å². The first kappa shape index (κ1) is 39.4. The molecule has 20 heteroatoms. The zero-order chi connectivity index (χ0) is 37.6. The summed E-state index contributed by atoms with van der Waals surface area (Å²) in [5.41, 5.74) is -0.334. The Morgan fingerprint density at radius 3 is 2.18 bits per heavy atom. The van der Waals surface area contributed by atoms with E-state index in [4.69, 9.17) is 11.6 Å². The molecule has 1 amide bonds. The molecule has 0 atom stereocenters. The number of piperazine rings is 1. The molecule has 14 nitrogen and oxygen atoms in total. The lowest BCUT2D eigenvalue weighted by Crippen LogP contribution is -2.50. The maximum absolute atomic E-state index is 15.0. The minimum absolute atomic E-state index is 0.0328. The van der Waals surface area contributed by atoms with E-state index in [0.29, 0.717) is 16.9 Å². The number of benzene rings is 1. The minimum Gasteiger partial charge on any atom is -0.504 e. The predicted octanol–water partition coefficient (Wildman–Crippen LogP) is 3.96. The summed E-state index contributed by atoms with van der Waals surface area (Å²) < 4.78 is 67.5. The Morgan fingerprint density at radius 2 is 1.70 bits per heavy atom. The molecule has 50 heavy (non-hydrogen) atoms. The van der Waals surface area contributed by atoms with Crippen LogP contribution in [0.15, 0.2) is 35.9 Å². The van der Waals surface area contributed by atoms with Gasteiger partial charge in [-0.2, -0.15) is 26.9 Å². The Kier molecular flexibility index (Phi) is 12.7. The van der Waals surface area contributed by atoms with Crippen molar-refractivity contribution in [1.29, 1.82) is 0 Å². The van der Waals surface area contributed by atoms with E-state index in [-0.39, 0.29) is 78.1 Å². The molecule has 1 saturated heterocycles. The topological polar surface area (TPSA) is 153 Å². The fraction of sp³-hybridized carbons (Fsp3) is 0.433. The quantitative estimate of drug-likeness (QED) is 0.134. The fourth-order valence-corrected chi connectivity index (χ4v) is 5.11. The number of nitrogens with zero attached hydrogens (tertiary/aromatic N) is 9. The second kappa shape index (κ2) is 16.1. The summed E-state index contributed by atoms with van der Waals surface area (Å²) in [6, 6.07) is -0.847. The van der Waals surface area contributed by atoms with Crippen LogP contribution < -0.4 is 15.1 Å². The summed E-state index contributed by atoms with van der Waals surface area (Å²) in [5, 5.41) is 17.0. The van der Waals surface area contributed by atoms with Crippen LogP contribution in [0.3, 0.4) is 0 Å². The van der Waals surface area contributed by atoms with Gasteiger partial charge >= 0.3 is 12.2 Å². The van der Waals surface area contributed by atoms with E-state index in [1.807, 2.05) is 0 Å². The van der Waals surface area contributed by atoms with Crippen molar-refractivity contribution in [3.8, 4) is 5.75 Å². The molecule has 3 aromatic rings. The Bertz CT molecular complexity index is 1730. The molecule has 0 saturated carbocycles. The number of nitrogens with one attached hydrogen (secondary N) is 1. The van der Waals surface area contributed by atoms with Gasteiger partial charge in [-0.05, 0) is 31.5 Å². The predicted molar refractivity (Wildman–Crippen MR) is 174 cm³/mol. The summed E-state index contributed by atoms with van der Waals surface area (Å²) in [6.45, 7) is 3.66. The molecule has 0 aliphatic carbocycles. The van der Waals surface area contributed by atoms with Crippen molar-refractivity contribution in [2.75, 3.05) is 62.4 Å². The number of carbonyl (C=O) groups excluding carboxylic acids is 3. The Labute approximate surface area is 289 Å². The van der Waals surface area contributed by atoms with Crippen LogP contribution in [0, 0.1) is 6.92 Å². The van der Waals surface area contributed by atoms with Gasteiger partial charge in [0, 0.05) is 54.4 Å². The van der Waals surface area contributed by atoms with Crippen molar-refractivity contribution in [2.24, 2.45) is 7.05 Å². The Balaban J connectivity index is 0.000000436. The van der Waals surface area contributed by atoms with Crippen molar-refractivity contribution >= 4 is 47.7 Å². The second-order valence-electron chi connectivity index (χ2n) is 11.0. The SMILES string of the molecule is CC/C(=C(/C=O)N1CCN(C(=O)c2ncnc(C)c2O)CC1)N(c1nc(N(C)C)nn1C)C(F)(F)C=O.CNc1ccc(C(F)(F)F)cc1Cl. The van der Waals surface area contributed by atoms with Gasteiger partial charge in [-0.25, -0.2) is 19.5 Å².